The zero-order valence-corrected chi connectivity index (χ0v) is 14.4. The highest BCUT2D eigenvalue weighted by Crippen LogP contribution is 2.23. The van der Waals surface area contributed by atoms with Crippen LogP contribution in [0.2, 0.25) is 0 Å². The zero-order valence-electron chi connectivity index (χ0n) is 14.4. The van der Waals surface area contributed by atoms with Crippen LogP contribution in [0.3, 0.4) is 0 Å². The van der Waals surface area contributed by atoms with Crippen LogP contribution >= 0.6 is 0 Å². The van der Waals surface area contributed by atoms with Gasteiger partial charge in [0.05, 0.1) is 6.54 Å². The normalized spacial score (nSPS) is 13.0. The number of aliphatic imine (C=N–C) groups is 1. The van der Waals surface area contributed by atoms with Crippen molar-refractivity contribution in [3.05, 3.63) is 24.3 Å². The molecule has 0 saturated heterocycles. The van der Waals surface area contributed by atoms with Gasteiger partial charge in [0.1, 0.15) is 5.75 Å². The van der Waals surface area contributed by atoms with Gasteiger partial charge < -0.3 is 15.8 Å². The van der Waals surface area contributed by atoms with Gasteiger partial charge in [-0.05, 0) is 52.0 Å². The second-order valence-corrected chi connectivity index (χ2v) is 5.89. The Bertz CT molecular complexity index is 519. The molecule has 1 rings (SSSR count). The average molecular weight is 346 g/mol. The fourth-order valence-corrected chi connectivity index (χ4v) is 2.33. The average Bonchev–Trinajstić information content (AvgIpc) is 2.43. The summed E-state index contributed by atoms with van der Waals surface area (Å²) in [7, 11) is 0. The number of nitrogens with one attached hydrogen (secondary N) is 1. The molecule has 0 atom stereocenters. The minimum absolute atomic E-state index is 0.215. The second kappa shape index (κ2) is 8.77. The Labute approximate surface area is 140 Å². The van der Waals surface area contributed by atoms with Crippen LogP contribution in [0.1, 0.15) is 27.7 Å². The number of ether oxygens (including phenoxy) is 1. The highest BCUT2D eigenvalue weighted by atomic mass is 19.4. The number of hydrogen-bond acceptors (Lipinski definition) is 3. The fraction of sp³-hybridized carbons (Fsp3) is 0.562. The lowest BCUT2D eigenvalue weighted by Gasteiger charge is -2.29. The standard InChI is InChI=1S/C16H25F3N4O/c1-11(2)23(12(3)4)10-9-21-15(20)22-13-5-7-14(8-6-13)24-16(17,18)19/h5-8,11-12H,9-10H2,1-4H3,(H3,20,21,22). The van der Waals surface area contributed by atoms with Crippen LogP contribution in [0.5, 0.6) is 5.75 Å². The molecule has 8 heteroatoms. The second-order valence-electron chi connectivity index (χ2n) is 5.89. The third kappa shape index (κ3) is 7.54. The summed E-state index contributed by atoms with van der Waals surface area (Å²) in [6.07, 6.45) is -4.70. The van der Waals surface area contributed by atoms with Crippen molar-refractivity contribution in [1.82, 2.24) is 4.90 Å². The molecule has 1 aromatic rings. The van der Waals surface area contributed by atoms with E-state index in [1.807, 2.05) is 0 Å². The smallest absolute Gasteiger partial charge is 0.406 e. The van der Waals surface area contributed by atoms with Gasteiger partial charge in [-0.25, -0.2) is 0 Å². The first-order valence-electron chi connectivity index (χ1n) is 7.77. The molecule has 3 N–H and O–H groups in total. The van der Waals surface area contributed by atoms with E-state index < -0.39 is 6.36 Å². The van der Waals surface area contributed by atoms with Crippen molar-refractivity contribution in [3.8, 4) is 5.75 Å². The van der Waals surface area contributed by atoms with E-state index in [1.165, 1.54) is 24.3 Å². The maximum absolute atomic E-state index is 12.1. The molecule has 0 fully saturated rings. The monoisotopic (exact) mass is 346 g/mol. The van der Waals surface area contributed by atoms with Crippen LogP contribution in [0.25, 0.3) is 0 Å². The molecule has 5 nitrogen and oxygen atoms in total. The molecule has 0 heterocycles. The molecule has 0 bridgehead atoms. The number of guanidine groups is 1. The molecule has 0 amide bonds. The first-order valence-corrected chi connectivity index (χ1v) is 7.77. The van der Waals surface area contributed by atoms with E-state index in [9.17, 15) is 13.2 Å². The fourth-order valence-electron chi connectivity index (χ4n) is 2.33. The molecule has 0 spiro atoms. The van der Waals surface area contributed by atoms with Gasteiger partial charge in [0.2, 0.25) is 0 Å². The Morgan fingerprint density at radius 2 is 1.71 bits per heavy atom. The van der Waals surface area contributed by atoms with Gasteiger partial charge in [0, 0.05) is 24.3 Å². The predicted molar refractivity (Wildman–Crippen MR) is 90.2 cm³/mol. The van der Waals surface area contributed by atoms with Gasteiger partial charge in [0.15, 0.2) is 5.96 Å². The summed E-state index contributed by atoms with van der Waals surface area (Å²) in [4.78, 5) is 6.53. The summed E-state index contributed by atoms with van der Waals surface area (Å²) in [6.45, 7) is 9.79. The van der Waals surface area contributed by atoms with E-state index in [1.54, 1.807) is 0 Å². The summed E-state index contributed by atoms with van der Waals surface area (Å²) >= 11 is 0. The molecule has 0 aliphatic rings. The number of nitrogens with zero attached hydrogens (tertiary/aromatic N) is 2. The van der Waals surface area contributed by atoms with Crippen molar-refractivity contribution < 1.29 is 17.9 Å². The van der Waals surface area contributed by atoms with Crippen molar-refractivity contribution >= 4 is 11.6 Å². The molecule has 0 aliphatic heterocycles. The Hall–Kier alpha value is -1.96. The lowest BCUT2D eigenvalue weighted by molar-refractivity contribution is -0.274. The lowest BCUT2D eigenvalue weighted by atomic mass is 10.2. The molecule has 0 radical (unpaired) electrons. The molecule has 0 aliphatic carbocycles. The highest BCUT2D eigenvalue weighted by molar-refractivity contribution is 5.92. The molecule has 0 unspecified atom stereocenters. The number of halogens is 3. The van der Waals surface area contributed by atoms with E-state index in [0.29, 0.717) is 24.3 Å². The molecule has 0 saturated carbocycles. The van der Waals surface area contributed by atoms with Crippen LogP contribution in [0, 0.1) is 0 Å². The van der Waals surface area contributed by atoms with E-state index in [2.05, 4.69) is 47.6 Å². The molecular weight excluding hydrogens is 321 g/mol. The maximum Gasteiger partial charge on any atom is 0.573 e. The summed E-state index contributed by atoms with van der Waals surface area (Å²) in [5, 5.41) is 2.84. The SMILES string of the molecule is CC(C)N(CCN=C(N)Nc1ccc(OC(F)(F)F)cc1)C(C)C. The molecule has 136 valence electrons. The number of benzene rings is 1. The predicted octanol–water partition coefficient (Wildman–Crippen LogP) is 3.43. The number of anilines is 1. The van der Waals surface area contributed by atoms with E-state index in [-0.39, 0.29) is 11.7 Å². The largest absolute Gasteiger partial charge is 0.573 e. The first-order chi connectivity index (χ1) is 11.1. The highest BCUT2D eigenvalue weighted by Gasteiger charge is 2.30. The van der Waals surface area contributed by atoms with E-state index in [0.717, 1.165) is 6.54 Å². The van der Waals surface area contributed by atoms with Crippen molar-refractivity contribution in [3.63, 3.8) is 0 Å². The Balaban J connectivity index is 2.53. The third-order valence-electron chi connectivity index (χ3n) is 3.33. The number of alkyl halides is 3. The summed E-state index contributed by atoms with van der Waals surface area (Å²) < 4.78 is 40.1. The van der Waals surface area contributed by atoms with Crippen molar-refractivity contribution in [2.45, 2.75) is 46.1 Å². The Morgan fingerprint density at radius 3 is 2.17 bits per heavy atom. The topological polar surface area (TPSA) is 62.9 Å². The maximum atomic E-state index is 12.1. The van der Waals surface area contributed by atoms with Gasteiger partial charge in [-0.2, -0.15) is 0 Å². The third-order valence-corrected chi connectivity index (χ3v) is 3.33. The number of nitrogens with two attached hydrogens (primary N) is 1. The minimum atomic E-state index is -4.70. The minimum Gasteiger partial charge on any atom is -0.406 e. The van der Waals surface area contributed by atoms with Crippen LogP contribution in [-0.2, 0) is 0 Å². The van der Waals surface area contributed by atoms with Crippen molar-refractivity contribution in [1.29, 1.82) is 0 Å². The van der Waals surface area contributed by atoms with Gasteiger partial charge in [-0.15, -0.1) is 13.2 Å². The van der Waals surface area contributed by atoms with E-state index in [4.69, 9.17) is 5.73 Å². The van der Waals surface area contributed by atoms with Gasteiger partial charge in [0.25, 0.3) is 0 Å². The van der Waals surface area contributed by atoms with Crippen LogP contribution in [0.4, 0.5) is 18.9 Å². The number of rotatable bonds is 7. The van der Waals surface area contributed by atoms with Gasteiger partial charge in [-0.1, -0.05) is 0 Å². The van der Waals surface area contributed by atoms with Crippen LogP contribution in [0.15, 0.2) is 29.3 Å². The van der Waals surface area contributed by atoms with Gasteiger partial charge in [-0.3, -0.25) is 9.89 Å². The number of hydrogen-bond donors (Lipinski definition) is 2. The Kier molecular flexibility index (Phi) is 7.34. The van der Waals surface area contributed by atoms with Crippen molar-refractivity contribution in [2.75, 3.05) is 18.4 Å². The lowest BCUT2D eigenvalue weighted by Crippen LogP contribution is -2.39. The quantitative estimate of drug-likeness (QED) is 0.586. The summed E-state index contributed by atoms with van der Waals surface area (Å²) in [6, 6.07) is 6.13. The zero-order chi connectivity index (χ0) is 18.3. The molecule has 0 aromatic heterocycles. The molecule has 24 heavy (non-hydrogen) atoms. The van der Waals surface area contributed by atoms with Crippen LogP contribution < -0.4 is 15.8 Å². The summed E-state index contributed by atoms with van der Waals surface area (Å²) in [5.74, 6) is -0.0694. The molecule has 1 aromatic carbocycles. The van der Waals surface area contributed by atoms with E-state index >= 15 is 0 Å². The van der Waals surface area contributed by atoms with Crippen LogP contribution in [-0.4, -0.2) is 42.4 Å². The first kappa shape index (κ1) is 20.1. The summed E-state index contributed by atoms with van der Waals surface area (Å²) in [5.41, 5.74) is 6.33. The Morgan fingerprint density at radius 1 is 1.17 bits per heavy atom. The van der Waals surface area contributed by atoms with Crippen molar-refractivity contribution in [2.24, 2.45) is 10.7 Å². The van der Waals surface area contributed by atoms with Gasteiger partial charge >= 0.3 is 6.36 Å². The molecular formula is C16H25F3N4O.